The Bertz CT molecular complexity index is 357. The monoisotopic (exact) mass is 250 g/mol. The van der Waals surface area contributed by atoms with Gasteiger partial charge in [-0.15, -0.1) is 0 Å². The van der Waals surface area contributed by atoms with Gasteiger partial charge in [-0.1, -0.05) is 19.1 Å². The van der Waals surface area contributed by atoms with Crippen molar-refractivity contribution in [2.45, 2.75) is 31.7 Å². The highest BCUT2D eigenvalue weighted by Crippen LogP contribution is 2.36. The molecule has 0 heterocycles. The lowest BCUT2D eigenvalue weighted by atomic mass is 9.76. The lowest BCUT2D eigenvalue weighted by Crippen LogP contribution is -2.43. The highest BCUT2D eigenvalue weighted by molar-refractivity contribution is 5.23. The number of rotatable bonds is 6. The van der Waals surface area contributed by atoms with Gasteiger partial charge in [0.2, 0.25) is 0 Å². The molecule has 1 saturated carbocycles. The lowest BCUT2D eigenvalue weighted by molar-refractivity contribution is 0.270. The number of benzene rings is 1. The Balaban J connectivity index is 1.66. The van der Waals surface area contributed by atoms with Gasteiger partial charge in [0.05, 0.1) is 0 Å². The quantitative estimate of drug-likeness (QED) is 0.835. The Kier molecular flexibility index (Phi) is 4.72. The summed E-state index contributed by atoms with van der Waals surface area (Å²) in [6.45, 7) is 5.44. The van der Waals surface area contributed by atoms with Crippen LogP contribution in [0.4, 0.5) is 4.39 Å². The Labute approximate surface area is 109 Å². The van der Waals surface area contributed by atoms with Gasteiger partial charge in [-0.05, 0) is 50.0 Å². The van der Waals surface area contributed by atoms with Gasteiger partial charge >= 0.3 is 0 Å². The molecular formula is C15H23FN2. The maximum absolute atomic E-state index is 12.8. The predicted octanol–water partition coefficient (Wildman–Crippen LogP) is 2.61. The standard InChI is InChI=1S/C15H23FN2/c1-3-18(2)9-8-17-15-10-13(11-15)12-4-6-14(16)7-5-12/h4-7,13,15,17H,3,8-11H2,1-2H3. The average molecular weight is 250 g/mol. The van der Waals surface area contributed by atoms with Crippen molar-refractivity contribution in [3.05, 3.63) is 35.6 Å². The number of halogens is 1. The third-order valence-electron chi connectivity index (χ3n) is 3.95. The molecule has 1 aromatic rings. The molecular weight excluding hydrogens is 227 g/mol. The summed E-state index contributed by atoms with van der Waals surface area (Å²) >= 11 is 0. The van der Waals surface area contributed by atoms with E-state index in [4.69, 9.17) is 0 Å². The van der Waals surface area contributed by atoms with Gasteiger partial charge in [-0.2, -0.15) is 0 Å². The van der Waals surface area contributed by atoms with Crippen LogP contribution in [-0.4, -0.2) is 37.6 Å². The summed E-state index contributed by atoms with van der Waals surface area (Å²) in [7, 11) is 2.14. The molecule has 0 unspecified atom stereocenters. The van der Waals surface area contributed by atoms with Gasteiger partial charge in [0, 0.05) is 19.1 Å². The molecule has 0 radical (unpaired) electrons. The van der Waals surface area contributed by atoms with E-state index in [-0.39, 0.29) is 5.82 Å². The topological polar surface area (TPSA) is 15.3 Å². The maximum atomic E-state index is 12.8. The second-order valence-corrected chi connectivity index (χ2v) is 5.27. The molecule has 0 atom stereocenters. The van der Waals surface area contributed by atoms with Crippen molar-refractivity contribution in [2.75, 3.05) is 26.7 Å². The van der Waals surface area contributed by atoms with Crippen LogP contribution in [0.3, 0.4) is 0 Å². The minimum absolute atomic E-state index is 0.143. The van der Waals surface area contributed by atoms with Crippen LogP contribution < -0.4 is 5.32 Å². The van der Waals surface area contributed by atoms with Gasteiger partial charge in [-0.3, -0.25) is 0 Å². The van der Waals surface area contributed by atoms with Crippen molar-refractivity contribution in [1.82, 2.24) is 10.2 Å². The SMILES string of the molecule is CCN(C)CCNC1CC(c2ccc(F)cc2)C1. The maximum Gasteiger partial charge on any atom is 0.123 e. The molecule has 0 spiro atoms. The molecule has 0 aromatic heterocycles. The van der Waals surface area contributed by atoms with Gasteiger partial charge in [0.15, 0.2) is 0 Å². The molecule has 100 valence electrons. The molecule has 0 amide bonds. The molecule has 1 fully saturated rings. The Morgan fingerprint density at radius 2 is 1.94 bits per heavy atom. The van der Waals surface area contributed by atoms with E-state index >= 15 is 0 Å². The normalized spacial score (nSPS) is 23.1. The first kappa shape index (κ1) is 13.5. The highest BCUT2D eigenvalue weighted by atomic mass is 19.1. The summed E-state index contributed by atoms with van der Waals surface area (Å²) in [5.74, 6) is 0.474. The molecule has 1 aliphatic carbocycles. The van der Waals surface area contributed by atoms with Crippen molar-refractivity contribution in [1.29, 1.82) is 0 Å². The molecule has 1 N–H and O–H groups in total. The van der Waals surface area contributed by atoms with Crippen LogP contribution in [0.5, 0.6) is 0 Å². The van der Waals surface area contributed by atoms with E-state index in [9.17, 15) is 4.39 Å². The van der Waals surface area contributed by atoms with Crippen molar-refractivity contribution < 1.29 is 4.39 Å². The summed E-state index contributed by atoms with van der Waals surface area (Å²) < 4.78 is 12.8. The van der Waals surface area contributed by atoms with Crippen LogP contribution in [0.1, 0.15) is 31.2 Å². The Morgan fingerprint density at radius 3 is 2.56 bits per heavy atom. The van der Waals surface area contributed by atoms with Crippen LogP contribution in [0.25, 0.3) is 0 Å². The van der Waals surface area contributed by atoms with E-state index < -0.39 is 0 Å². The number of nitrogens with one attached hydrogen (secondary N) is 1. The van der Waals surface area contributed by atoms with Crippen LogP contribution >= 0.6 is 0 Å². The van der Waals surface area contributed by atoms with E-state index in [2.05, 4.69) is 24.2 Å². The second-order valence-electron chi connectivity index (χ2n) is 5.27. The van der Waals surface area contributed by atoms with E-state index in [1.54, 1.807) is 12.1 Å². The first-order chi connectivity index (χ1) is 8.69. The van der Waals surface area contributed by atoms with Crippen LogP contribution in [0, 0.1) is 5.82 Å². The molecule has 1 aliphatic rings. The van der Waals surface area contributed by atoms with E-state index in [0.717, 1.165) is 19.6 Å². The smallest absolute Gasteiger partial charge is 0.123 e. The van der Waals surface area contributed by atoms with Crippen LogP contribution in [0.15, 0.2) is 24.3 Å². The fraction of sp³-hybridized carbons (Fsp3) is 0.600. The lowest BCUT2D eigenvalue weighted by Gasteiger charge is -2.36. The Hall–Kier alpha value is -0.930. The summed E-state index contributed by atoms with van der Waals surface area (Å²) in [6, 6.07) is 7.60. The number of hydrogen-bond donors (Lipinski definition) is 1. The van der Waals surface area contributed by atoms with Crippen molar-refractivity contribution in [3.63, 3.8) is 0 Å². The fourth-order valence-electron chi connectivity index (χ4n) is 2.41. The molecule has 0 aliphatic heterocycles. The van der Waals surface area contributed by atoms with Gasteiger partial charge in [0.1, 0.15) is 5.82 Å². The van der Waals surface area contributed by atoms with Gasteiger partial charge < -0.3 is 10.2 Å². The summed E-state index contributed by atoms with van der Waals surface area (Å²) in [6.07, 6.45) is 2.36. The van der Waals surface area contributed by atoms with Crippen LogP contribution in [0.2, 0.25) is 0 Å². The summed E-state index contributed by atoms with van der Waals surface area (Å²) in [5.41, 5.74) is 1.28. The van der Waals surface area contributed by atoms with Gasteiger partial charge in [0.25, 0.3) is 0 Å². The minimum Gasteiger partial charge on any atom is -0.313 e. The van der Waals surface area contributed by atoms with E-state index in [1.165, 1.54) is 18.4 Å². The minimum atomic E-state index is -0.143. The summed E-state index contributed by atoms with van der Waals surface area (Å²) in [5, 5.41) is 3.58. The molecule has 1 aromatic carbocycles. The molecule has 0 saturated heterocycles. The highest BCUT2D eigenvalue weighted by Gasteiger charge is 2.29. The second kappa shape index (κ2) is 6.30. The number of hydrogen-bond acceptors (Lipinski definition) is 2. The third-order valence-corrected chi connectivity index (χ3v) is 3.95. The molecule has 2 rings (SSSR count). The Morgan fingerprint density at radius 1 is 1.28 bits per heavy atom. The molecule has 0 bridgehead atoms. The largest absolute Gasteiger partial charge is 0.313 e. The van der Waals surface area contributed by atoms with Crippen molar-refractivity contribution in [2.24, 2.45) is 0 Å². The predicted molar refractivity (Wildman–Crippen MR) is 73.3 cm³/mol. The van der Waals surface area contributed by atoms with Crippen LogP contribution in [-0.2, 0) is 0 Å². The van der Waals surface area contributed by atoms with E-state index in [1.807, 2.05) is 12.1 Å². The first-order valence-electron chi connectivity index (χ1n) is 6.86. The van der Waals surface area contributed by atoms with Crippen molar-refractivity contribution in [3.8, 4) is 0 Å². The zero-order valence-electron chi connectivity index (χ0n) is 11.3. The van der Waals surface area contributed by atoms with E-state index in [0.29, 0.717) is 12.0 Å². The van der Waals surface area contributed by atoms with Gasteiger partial charge in [-0.25, -0.2) is 4.39 Å². The molecule has 2 nitrogen and oxygen atoms in total. The third kappa shape index (κ3) is 3.53. The number of nitrogens with zero attached hydrogens (tertiary/aromatic N) is 1. The molecule has 3 heteroatoms. The average Bonchev–Trinajstić information content (AvgIpc) is 2.33. The number of likely N-dealkylation sites (N-methyl/N-ethyl adjacent to an activating group) is 1. The summed E-state index contributed by atoms with van der Waals surface area (Å²) in [4.78, 5) is 2.31. The van der Waals surface area contributed by atoms with Crippen molar-refractivity contribution >= 4 is 0 Å². The molecule has 18 heavy (non-hydrogen) atoms. The fourth-order valence-corrected chi connectivity index (χ4v) is 2.41. The first-order valence-corrected chi connectivity index (χ1v) is 6.86. The zero-order valence-corrected chi connectivity index (χ0v) is 11.3. The zero-order chi connectivity index (χ0) is 13.0.